The molecule has 1 N–H and O–H groups in total. The molecule has 1 amide bonds. The topological polar surface area (TPSA) is 64.6 Å². The first-order chi connectivity index (χ1) is 15.2. The fraction of sp³-hybridized carbons (Fsp3) is 0.280. The van der Waals surface area contributed by atoms with E-state index in [0.29, 0.717) is 22.2 Å². The Morgan fingerprint density at radius 1 is 1.09 bits per heavy atom. The third-order valence-corrected chi connectivity index (χ3v) is 6.64. The summed E-state index contributed by atoms with van der Waals surface area (Å²) in [6.45, 7) is 8.07. The van der Waals surface area contributed by atoms with Gasteiger partial charge in [0.1, 0.15) is 16.3 Å². The van der Waals surface area contributed by atoms with Crippen LogP contribution in [0.5, 0.6) is 5.75 Å². The number of ether oxygens (including phenoxy) is 2. The van der Waals surface area contributed by atoms with E-state index in [2.05, 4.69) is 35.1 Å². The van der Waals surface area contributed by atoms with Crippen LogP contribution >= 0.6 is 27.3 Å². The maximum Gasteiger partial charge on any atom is 0.341 e. The monoisotopic (exact) mass is 515 g/mol. The van der Waals surface area contributed by atoms with Gasteiger partial charge in [0.15, 0.2) is 6.61 Å². The number of benzene rings is 2. The predicted octanol–water partition coefficient (Wildman–Crippen LogP) is 6.72. The molecule has 0 saturated heterocycles. The molecule has 0 aliphatic heterocycles. The SMILES string of the molecule is COC(=O)c1c(NC(=O)COc2ccc(C(C)C)c(C)c2)sc(C)c1-c1ccc(Br)cc1. The summed E-state index contributed by atoms with van der Waals surface area (Å²) in [5, 5.41) is 3.28. The minimum Gasteiger partial charge on any atom is -0.484 e. The Morgan fingerprint density at radius 2 is 1.78 bits per heavy atom. The lowest BCUT2D eigenvalue weighted by atomic mass is 9.98. The van der Waals surface area contributed by atoms with Crippen LogP contribution in [0.15, 0.2) is 46.9 Å². The third-order valence-electron chi connectivity index (χ3n) is 5.09. The van der Waals surface area contributed by atoms with E-state index < -0.39 is 5.97 Å². The molecule has 0 saturated carbocycles. The van der Waals surface area contributed by atoms with Crippen molar-refractivity contribution in [1.82, 2.24) is 0 Å². The van der Waals surface area contributed by atoms with Crippen molar-refractivity contribution in [3.05, 3.63) is 68.5 Å². The van der Waals surface area contributed by atoms with Crippen LogP contribution < -0.4 is 10.1 Å². The molecular formula is C25H26BrNO4S. The Bertz CT molecular complexity index is 1140. The van der Waals surface area contributed by atoms with E-state index in [1.165, 1.54) is 24.0 Å². The molecule has 0 aliphatic rings. The molecule has 5 nitrogen and oxygen atoms in total. The molecule has 7 heteroatoms. The normalized spacial score (nSPS) is 10.8. The fourth-order valence-corrected chi connectivity index (χ4v) is 4.94. The van der Waals surface area contributed by atoms with Crippen molar-refractivity contribution in [1.29, 1.82) is 0 Å². The summed E-state index contributed by atoms with van der Waals surface area (Å²) in [6.07, 6.45) is 0. The molecule has 0 bridgehead atoms. The first-order valence-corrected chi connectivity index (χ1v) is 11.8. The third kappa shape index (κ3) is 5.40. The molecule has 1 aromatic heterocycles. The zero-order chi connectivity index (χ0) is 23.4. The minimum atomic E-state index is -0.497. The van der Waals surface area contributed by atoms with Crippen LogP contribution in [0, 0.1) is 13.8 Å². The van der Waals surface area contributed by atoms with Gasteiger partial charge < -0.3 is 14.8 Å². The van der Waals surface area contributed by atoms with Crippen molar-refractivity contribution in [3.8, 4) is 16.9 Å². The van der Waals surface area contributed by atoms with E-state index in [9.17, 15) is 9.59 Å². The second-order valence-corrected chi connectivity index (χ2v) is 9.89. The highest BCUT2D eigenvalue weighted by atomic mass is 79.9. The first-order valence-electron chi connectivity index (χ1n) is 10.2. The number of hydrogen-bond acceptors (Lipinski definition) is 5. The summed E-state index contributed by atoms with van der Waals surface area (Å²) >= 11 is 4.77. The number of nitrogens with one attached hydrogen (secondary N) is 1. The molecule has 1 heterocycles. The van der Waals surface area contributed by atoms with E-state index in [-0.39, 0.29) is 12.5 Å². The number of hydrogen-bond donors (Lipinski definition) is 1. The van der Waals surface area contributed by atoms with Crippen LogP contribution in [-0.4, -0.2) is 25.6 Å². The van der Waals surface area contributed by atoms with Gasteiger partial charge in [-0.2, -0.15) is 0 Å². The second kappa shape index (κ2) is 10.3. The average molecular weight is 516 g/mol. The lowest BCUT2D eigenvalue weighted by Gasteiger charge is -2.12. The molecule has 0 radical (unpaired) electrons. The number of halogens is 1. The number of carbonyl (C=O) groups excluding carboxylic acids is 2. The number of esters is 1. The Morgan fingerprint density at radius 3 is 2.38 bits per heavy atom. The number of thiophene rings is 1. The summed E-state index contributed by atoms with van der Waals surface area (Å²) < 4.78 is 11.6. The number of amides is 1. The van der Waals surface area contributed by atoms with Crippen molar-refractivity contribution in [2.45, 2.75) is 33.6 Å². The van der Waals surface area contributed by atoms with Gasteiger partial charge in [-0.3, -0.25) is 4.79 Å². The van der Waals surface area contributed by atoms with Gasteiger partial charge in [0.05, 0.1) is 7.11 Å². The molecular weight excluding hydrogens is 490 g/mol. The molecule has 3 rings (SSSR count). The van der Waals surface area contributed by atoms with Crippen LogP contribution in [0.25, 0.3) is 11.1 Å². The number of methoxy groups -OCH3 is 1. The second-order valence-electron chi connectivity index (χ2n) is 7.75. The van der Waals surface area contributed by atoms with Gasteiger partial charge in [-0.15, -0.1) is 11.3 Å². The van der Waals surface area contributed by atoms with Gasteiger partial charge in [-0.25, -0.2) is 4.79 Å². The quantitative estimate of drug-likeness (QED) is 0.354. The van der Waals surface area contributed by atoms with Crippen molar-refractivity contribution in [2.24, 2.45) is 0 Å². The van der Waals surface area contributed by atoms with Crippen LogP contribution in [0.4, 0.5) is 5.00 Å². The highest BCUT2D eigenvalue weighted by Gasteiger charge is 2.25. The Hall–Kier alpha value is -2.64. The summed E-state index contributed by atoms with van der Waals surface area (Å²) in [5.74, 6) is 0.215. The van der Waals surface area contributed by atoms with E-state index >= 15 is 0 Å². The minimum absolute atomic E-state index is 0.161. The molecule has 0 spiro atoms. The molecule has 0 fully saturated rings. The number of carbonyl (C=O) groups is 2. The summed E-state index contributed by atoms with van der Waals surface area (Å²) in [4.78, 5) is 26.1. The van der Waals surface area contributed by atoms with Gasteiger partial charge >= 0.3 is 5.97 Å². The molecule has 0 aliphatic carbocycles. The Balaban J connectivity index is 1.80. The van der Waals surface area contributed by atoms with Gasteiger partial charge in [-0.1, -0.05) is 48.0 Å². The largest absolute Gasteiger partial charge is 0.484 e. The van der Waals surface area contributed by atoms with Crippen molar-refractivity contribution < 1.29 is 19.1 Å². The standard InChI is InChI=1S/C25H26BrNO4S/c1-14(2)20-11-10-19(12-15(20)3)31-13-21(28)27-24-23(25(29)30-5)22(16(4)32-24)17-6-8-18(26)9-7-17/h6-12,14H,13H2,1-5H3,(H,27,28). The Kier molecular flexibility index (Phi) is 7.74. The van der Waals surface area contributed by atoms with Crippen LogP contribution in [0.2, 0.25) is 0 Å². The highest BCUT2D eigenvalue weighted by Crippen LogP contribution is 2.40. The van der Waals surface area contributed by atoms with E-state index in [0.717, 1.165) is 26.0 Å². The summed E-state index contributed by atoms with van der Waals surface area (Å²) in [6, 6.07) is 13.5. The average Bonchev–Trinajstić information content (AvgIpc) is 3.07. The highest BCUT2D eigenvalue weighted by molar-refractivity contribution is 9.10. The molecule has 0 atom stereocenters. The van der Waals surface area contributed by atoms with Crippen LogP contribution in [0.1, 0.15) is 46.1 Å². The van der Waals surface area contributed by atoms with Crippen molar-refractivity contribution >= 4 is 44.1 Å². The Labute approximate surface area is 200 Å². The molecule has 168 valence electrons. The van der Waals surface area contributed by atoms with Gasteiger partial charge in [-0.05, 0) is 60.7 Å². The number of aryl methyl sites for hydroxylation is 2. The smallest absolute Gasteiger partial charge is 0.341 e. The lowest BCUT2D eigenvalue weighted by molar-refractivity contribution is -0.118. The van der Waals surface area contributed by atoms with E-state index in [4.69, 9.17) is 9.47 Å². The maximum atomic E-state index is 12.6. The van der Waals surface area contributed by atoms with Gasteiger partial charge in [0.25, 0.3) is 5.91 Å². The van der Waals surface area contributed by atoms with Gasteiger partial charge in [0.2, 0.25) is 0 Å². The summed E-state index contributed by atoms with van der Waals surface area (Å²) in [5.41, 5.74) is 4.35. The van der Waals surface area contributed by atoms with Gasteiger partial charge in [0, 0.05) is 14.9 Å². The summed E-state index contributed by atoms with van der Waals surface area (Å²) in [7, 11) is 1.33. The predicted molar refractivity (Wildman–Crippen MR) is 133 cm³/mol. The molecule has 3 aromatic rings. The lowest BCUT2D eigenvalue weighted by Crippen LogP contribution is -2.21. The fourth-order valence-electron chi connectivity index (χ4n) is 3.59. The van der Waals surface area contributed by atoms with E-state index in [1.54, 1.807) is 0 Å². The first kappa shape index (κ1) is 24.0. The van der Waals surface area contributed by atoms with Crippen LogP contribution in [-0.2, 0) is 9.53 Å². The zero-order valence-corrected chi connectivity index (χ0v) is 21.1. The van der Waals surface area contributed by atoms with Crippen LogP contribution in [0.3, 0.4) is 0 Å². The maximum absolute atomic E-state index is 12.6. The van der Waals surface area contributed by atoms with Crippen molar-refractivity contribution in [2.75, 3.05) is 19.0 Å². The number of rotatable bonds is 7. The molecule has 0 unspecified atom stereocenters. The number of anilines is 1. The molecule has 2 aromatic carbocycles. The zero-order valence-electron chi connectivity index (χ0n) is 18.7. The van der Waals surface area contributed by atoms with E-state index in [1.807, 2.05) is 56.3 Å². The molecule has 32 heavy (non-hydrogen) atoms. The van der Waals surface area contributed by atoms with Crippen molar-refractivity contribution in [3.63, 3.8) is 0 Å².